The van der Waals surface area contributed by atoms with Crippen molar-refractivity contribution in [1.82, 2.24) is 9.97 Å². The average Bonchev–Trinajstić information content (AvgIpc) is 2.48. The van der Waals surface area contributed by atoms with Crippen molar-refractivity contribution in [3.8, 4) is 0 Å². The maximum absolute atomic E-state index is 5.48. The maximum Gasteiger partial charge on any atom is 0.145 e. The number of nitrogen functional groups attached to an aromatic ring is 1. The van der Waals surface area contributed by atoms with E-state index in [1.165, 1.54) is 12.8 Å². The van der Waals surface area contributed by atoms with Gasteiger partial charge in [-0.25, -0.2) is 15.8 Å². The summed E-state index contributed by atoms with van der Waals surface area (Å²) in [6.07, 6.45) is 3.20. The fourth-order valence-corrected chi connectivity index (χ4v) is 2.12. The van der Waals surface area contributed by atoms with Crippen LogP contribution < -0.4 is 16.2 Å². The van der Waals surface area contributed by atoms with Crippen molar-refractivity contribution < 1.29 is 0 Å². The molecule has 0 bridgehead atoms. The van der Waals surface area contributed by atoms with Gasteiger partial charge in [0.25, 0.3) is 0 Å². The maximum atomic E-state index is 5.48. The first-order valence-electron chi connectivity index (χ1n) is 7.27. The van der Waals surface area contributed by atoms with Gasteiger partial charge in [0.15, 0.2) is 0 Å². The zero-order chi connectivity index (χ0) is 14.3. The van der Waals surface area contributed by atoms with Crippen LogP contribution in [-0.4, -0.2) is 23.1 Å². The minimum absolute atomic E-state index is 0.685. The monoisotopic (exact) mass is 265 g/mol. The SMILES string of the molecule is CCc1nc(NN)cc(N(CC)CC(CC)CC)n1. The van der Waals surface area contributed by atoms with Gasteiger partial charge in [-0.3, -0.25) is 0 Å². The molecule has 0 aliphatic rings. The van der Waals surface area contributed by atoms with Gasteiger partial charge in [-0.15, -0.1) is 0 Å². The van der Waals surface area contributed by atoms with Crippen LogP contribution in [0.1, 0.15) is 46.4 Å². The third-order valence-electron chi connectivity index (χ3n) is 3.56. The van der Waals surface area contributed by atoms with E-state index in [1.807, 2.05) is 6.07 Å². The molecule has 0 radical (unpaired) electrons. The van der Waals surface area contributed by atoms with E-state index in [0.29, 0.717) is 11.7 Å². The molecular formula is C14H27N5. The molecule has 3 N–H and O–H groups in total. The highest BCUT2D eigenvalue weighted by Gasteiger charge is 2.13. The normalized spacial score (nSPS) is 10.8. The molecule has 0 fully saturated rings. The van der Waals surface area contributed by atoms with Gasteiger partial charge in [0.2, 0.25) is 0 Å². The number of nitrogens with one attached hydrogen (secondary N) is 1. The molecular weight excluding hydrogens is 238 g/mol. The van der Waals surface area contributed by atoms with E-state index < -0.39 is 0 Å². The Kier molecular flexibility index (Phi) is 6.56. The van der Waals surface area contributed by atoms with Gasteiger partial charge in [0, 0.05) is 25.6 Å². The van der Waals surface area contributed by atoms with Gasteiger partial charge < -0.3 is 10.3 Å². The Hall–Kier alpha value is -1.36. The number of hydrazine groups is 1. The molecule has 1 aromatic rings. The summed E-state index contributed by atoms with van der Waals surface area (Å²) in [7, 11) is 0. The molecule has 0 aliphatic heterocycles. The van der Waals surface area contributed by atoms with Crippen molar-refractivity contribution in [2.45, 2.75) is 47.0 Å². The zero-order valence-corrected chi connectivity index (χ0v) is 12.6. The standard InChI is InChI=1S/C14H27N5/c1-5-11(6-2)10-19(8-4)14-9-13(18-15)16-12(7-3)17-14/h9,11H,5-8,10,15H2,1-4H3,(H,16,17,18). The number of aromatic nitrogens is 2. The van der Waals surface area contributed by atoms with Crippen LogP contribution in [0.25, 0.3) is 0 Å². The first-order chi connectivity index (χ1) is 9.18. The molecule has 0 saturated heterocycles. The summed E-state index contributed by atoms with van der Waals surface area (Å²) in [5.74, 6) is 8.66. The molecule has 19 heavy (non-hydrogen) atoms. The molecule has 0 amide bonds. The highest BCUT2D eigenvalue weighted by molar-refractivity contribution is 5.48. The third kappa shape index (κ3) is 4.35. The van der Waals surface area contributed by atoms with Crippen LogP contribution in [0.5, 0.6) is 0 Å². The number of anilines is 2. The lowest BCUT2D eigenvalue weighted by atomic mass is 10.0. The van der Waals surface area contributed by atoms with Crippen LogP contribution in [0.15, 0.2) is 6.07 Å². The van der Waals surface area contributed by atoms with E-state index in [2.05, 4.69) is 48.0 Å². The molecule has 0 atom stereocenters. The Morgan fingerprint density at radius 3 is 2.37 bits per heavy atom. The number of nitrogens with two attached hydrogens (primary N) is 1. The Balaban J connectivity index is 2.96. The molecule has 0 aromatic carbocycles. The third-order valence-corrected chi connectivity index (χ3v) is 3.56. The largest absolute Gasteiger partial charge is 0.356 e. The quantitative estimate of drug-likeness (QED) is 0.558. The minimum atomic E-state index is 0.685. The lowest BCUT2D eigenvalue weighted by Gasteiger charge is -2.27. The van der Waals surface area contributed by atoms with E-state index in [9.17, 15) is 0 Å². The molecule has 1 aromatic heterocycles. The predicted molar refractivity (Wildman–Crippen MR) is 81.2 cm³/mol. The highest BCUT2D eigenvalue weighted by Crippen LogP contribution is 2.19. The van der Waals surface area contributed by atoms with Gasteiger partial charge in [-0.2, -0.15) is 0 Å². The van der Waals surface area contributed by atoms with Gasteiger partial charge in [0.1, 0.15) is 17.5 Å². The second-order valence-electron chi connectivity index (χ2n) is 4.75. The zero-order valence-electron chi connectivity index (χ0n) is 12.6. The summed E-state index contributed by atoms with van der Waals surface area (Å²) in [6, 6.07) is 1.92. The molecule has 0 spiro atoms. The molecule has 108 valence electrons. The number of hydrogen-bond donors (Lipinski definition) is 2. The molecule has 1 rings (SSSR count). The Morgan fingerprint density at radius 2 is 1.89 bits per heavy atom. The molecule has 5 nitrogen and oxygen atoms in total. The van der Waals surface area contributed by atoms with E-state index in [-0.39, 0.29) is 0 Å². The smallest absolute Gasteiger partial charge is 0.145 e. The van der Waals surface area contributed by atoms with Crippen molar-refractivity contribution in [1.29, 1.82) is 0 Å². The minimum Gasteiger partial charge on any atom is -0.356 e. The van der Waals surface area contributed by atoms with Crippen molar-refractivity contribution in [3.05, 3.63) is 11.9 Å². The Bertz CT molecular complexity index is 354. The summed E-state index contributed by atoms with van der Waals surface area (Å²) < 4.78 is 0. The van der Waals surface area contributed by atoms with Crippen molar-refractivity contribution in [2.24, 2.45) is 11.8 Å². The van der Waals surface area contributed by atoms with Crippen LogP contribution in [0.2, 0.25) is 0 Å². The van der Waals surface area contributed by atoms with Gasteiger partial charge >= 0.3 is 0 Å². The van der Waals surface area contributed by atoms with Crippen LogP contribution in [-0.2, 0) is 6.42 Å². The van der Waals surface area contributed by atoms with Crippen LogP contribution in [0.3, 0.4) is 0 Å². The van der Waals surface area contributed by atoms with Gasteiger partial charge in [-0.05, 0) is 12.8 Å². The average molecular weight is 265 g/mol. The second-order valence-corrected chi connectivity index (χ2v) is 4.75. The van der Waals surface area contributed by atoms with E-state index >= 15 is 0 Å². The van der Waals surface area contributed by atoms with Crippen molar-refractivity contribution in [3.63, 3.8) is 0 Å². The predicted octanol–water partition coefficient (Wildman–Crippen LogP) is 2.59. The summed E-state index contributed by atoms with van der Waals surface area (Å²) >= 11 is 0. The Labute approximate surface area is 116 Å². The first-order valence-corrected chi connectivity index (χ1v) is 7.27. The molecule has 5 heteroatoms. The molecule has 0 unspecified atom stereocenters. The second kappa shape index (κ2) is 7.94. The fraction of sp³-hybridized carbons (Fsp3) is 0.714. The van der Waals surface area contributed by atoms with Crippen LogP contribution >= 0.6 is 0 Å². The molecule has 1 heterocycles. The number of hydrogen-bond acceptors (Lipinski definition) is 5. The van der Waals surface area contributed by atoms with E-state index in [0.717, 1.165) is 31.2 Å². The summed E-state index contributed by atoms with van der Waals surface area (Å²) in [4.78, 5) is 11.2. The number of nitrogens with zero attached hydrogens (tertiary/aromatic N) is 3. The van der Waals surface area contributed by atoms with E-state index in [1.54, 1.807) is 0 Å². The van der Waals surface area contributed by atoms with Crippen molar-refractivity contribution in [2.75, 3.05) is 23.4 Å². The first kappa shape index (κ1) is 15.7. The topological polar surface area (TPSA) is 67.1 Å². The van der Waals surface area contributed by atoms with Gasteiger partial charge in [-0.1, -0.05) is 33.6 Å². The van der Waals surface area contributed by atoms with Crippen LogP contribution in [0, 0.1) is 5.92 Å². The van der Waals surface area contributed by atoms with Crippen molar-refractivity contribution >= 4 is 11.6 Å². The molecule has 0 aliphatic carbocycles. The lowest BCUT2D eigenvalue weighted by Crippen LogP contribution is -2.30. The lowest BCUT2D eigenvalue weighted by molar-refractivity contribution is 0.484. The Morgan fingerprint density at radius 1 is 1.21 bits per heavy atom. The van der Waals surface area contributed by atoms with Crippen LogP contribution in [0.4, 0.5) is 11.6 Å². The number of aryl methyl sites for hydroxylation is 1. The van der Waals surface area contributed by atoms with E-state index in [4.69, 9.17) is 5.84 Å². The summed E-state index contributed by atoms with van der Waals surface area (Å²) in [6.45, 7) is 10.7. The number of rotatable bonds is 8. The fourth-order valence-electron chi connectivity index (χ4n) is 2.12. The summed E-state index contributed by atoms with van der Waals surface area (Å²) in [5, 5.41) is 0. The van der Waals surface area contributed by atoms with Gasteiger partial charge in [0.05, 0.1) is 0 Å². The summed E-state index contributed by atoms with van der Waals surface area (Å²) in [5.41, 5.74) is 2.62. The molecule has 0 saturated carbocycles. The highest BCUT2D eigenvalue weighted by atomic mass is 15.3.